The molecule has 1 fully saturated rings. The smallest absolute Gasteiger partial charge is 0.254 e. The van der Waals surface area contributed by atoms with E-state index in [9.17, 15) is 4.79 Å². The number of nitrogens with one attached hydrogen (secondary N) is 1. The lowest BCUT2D eigenvalue weighted by Gasteiger charge is -2.49. The summed E-state index contributed by atoms with van der Waals surface area (Å²) in [5.41, 5.74) is 1.46. The Labute approximate surface area is 166 Å². The molecule has 0 saturated carbocycles. The first-order valence-electron chi connectivity index (χ1n) is 9.41. The van der Waals surface area contributed by atoms with Crippen LogP contribution in [0.2, 0.25) is 5.02 Å². The van der Waals surface area contributed by atoms with Gasteiger partial charge in [0, 0.05) is 33.9 Å². The van der Waals surface area contributed by atoms with Crippen LogP contribution in [-0.2, 0) is 6.54 Å². The van der Waals surface area contributed by atoms with Crippen LogP contribution in [0.5, 0.6) is 0 Å². The van der Waals surface area contributed by atoms with Crippen LogP contribution in [0.1, 0.15) is 56.6 Å². The Morgan fingerprint density at radius 3 is 2.30 bits per heavy atom. The Bertz CT molecular complexity index is 771. The number of benzene rings is 1. The molecule has 144 valence electrons. The number of hydrogen-bond acceptors (Lipinski definition) is 3. The molecule has 1 aromatic heterocycles. The van der Waals surface area contributed by atoms with Gasteiger partial charge in [0.1, 0.15) is 0 Å². The van der Waals surface area contributed by atoms with Gasteiger partial charge in [-0.3, -0.25) is 9.78 Å². The van der Waals surface area contributed by atoms with Gasteiger partial charge < -0.3 is 10.2 Å². The van der Waals surface area contributed by atoms with Crippen LogP contribution < -0.4 is 5.32 Å². The van der Waals surface area contributed by atoms with Crippen LogP contribution in [-0.4, -0.2) is 32.9 Å². The second-order valence-corrected chi connectivity index (χ2v) is 9.15. The monoisotopic (exact) mass is 385 g/mol. The third kappa shape index (κ3) is 5.08. The molecule has 5 heteroatoms. The minimum Gasteiger partial charge on any atom is -0.330 e. The van der Waals surface area contributed by atoms with Gasteiger partial charge in [0.25, 0.3) is 5.91 Å². The molecule has 3 rings (SSSR count). The summed E-state index contributed by atoms with van der Waals surface area (Å²) in [6.07, 6.45) is 3.56. The van der Waals surface area contributed by atoms with Crippen LogP contribution in [0.4, 0.5) is 0 Å². The quantitative estimate of drug-likeness (QED) is 0.830. The van der Waals surface area contributed by atoms with Crippen LogP contribution in [0.3, 0.4) is 0 Å². The molecule has 0 aliphatic carbocycles. The van der Waals surface area contributed by atoms with Crippen molar-refractivity contribution in [3.05, 3.63) is 64.9 Å². The third-order valence-corrected chi connectivity index (χ3v) is 5.27. The molecule has 0 unspecified atom stereocenters. The number of amides is 1. The third-order valence-electron chi connectivity index (χ3n) is 5.02. The second kappa shape index (κ2) is 7.61. The van der Waals surface area contributed by atoms with Gasteiger partial charge in [0.2, 0.25) is 0 Å². The lowest BCUT2D eigenvalue weighted by Crippen LogP contribution is -2.62. The van der Waals surface area contributed by atoms with Gasteiger partial charge in [-0.1, -0.05) is 17.7 Å². The maximum Gasteiger partial charge on any atom is 0.254 e. The van der Waals surface area contributed by atoms with Crippen molar-refractivity contribution in [1.82, 2.24) is 15.2 Å². The maximum absolute atomic E-state index is 13.4. The molecule has 0 atom stereocenters. The van der Waals surface area contributed by atoms with E-state index in [1.165, 1.54) is 0 Å². The van der Waals surface area contributed by atoms with E-state index in [4.69, 9.17) is 11.6 Å². The first-order valence-corrected chi connectivity index (χ1v) is 9.79. The molecular weight excluding hydrogens is 358 g/mol. The van der Waals surface area contributed by atoms with E-state index in [2.05, 4.69) is 38.0 Å². The second-order valence-electron chi connectivity index (χ2n) is 8.72. The first kappa shape index (κ1) is 19.8. The molecule has 27 heavy (non-hydrogen) atoms. The average molecular weight is 386 g/mol. The Hall–Kier alpha value is -1.91. The van der Waals surface area contributed by atoms with Crippen LogP contribution in [0, 0.1) is 0 Å². The standard InChI is InChI=1S/C22H28ClN3O/c1-21(2)13-19(14-22(3,4)25-21)26(15-18-7-5-6-12-24-18)20(27)16-8-10-17(23)11-9-16/h5-12,19,25H,13-15H2,1-4H3. The molecule has 1 N–H and O–H groups in total. The summed E-state index contributed by atoms with van der Waals surface area (Å²) in [4.78, 5) is 19.8. The highest BCUT2D eigenvalue weighted by Gasteiger charge is 2.41. The van der Waals surface area contributed by atoms with Gasteiger partial charge >= 0.3 is 0 Å². The number of aromatic nitrogens is 1. The average Bonchev–Trinajstić information content (AvgIpc) is 2.58. The fourth-order valence-electron chi connectivity index (χ4n) is 4.28. The topological polar surface area (TPSA) is 45.2 Å². The van der Waals surface area contributed by atoms with E-state index in [1.807, 2.05) is 23.1 Å². The van der Waals surface area contributed by atoms with Gasteiger partial charge in [-0.2, -0.15) is 0 Å². The van der Waals surface area contributed by atoms with Crippen LogP contribution in [0.15, 0.2) is 48.7 Å². The number of pyridine rings is 1. The highest BCUT2D eigenvalue weighted by molar-refractivity contribution is 6.30. The summed E-state index contributed by atoms with van der Waals surface area (Å²) in [7, 11) is 0. The van der Waals surface area contributed by atoms with Crippen LogP contribution >= 0.6 is 11.6 Å². The van der Waals surface area contributed by atoms with Gasteiger partial charge in [-0.25, -0.2) is 0 Å². The fourth-order valence-corrected chi connectivity index (χ4v) is 4.41. The molecule has 2 heterocycles. The van der Waals surface area contributed by atoms with E-state index in [1.54, 1.807) is 30.5 Å². The molecule has 1 amide bonds. The maximum atomic E-state index is 13.4. The molecule has 1 saturated heterocycles. The number of piperidine rings is 1. The minimum absolute atomic E-state index is 0.0239. The number of carbonyl (C=O) groups excluding carboxylic acids is 1. The Morgan fingerprint density at radius 2 is 1.74 bits per heavy atom. The first-order chi connectivity index (χ1) is 12.7. The molecule has 1 aliphatic heterocycles. The largest absolute Gasteiger partial charge is 0.330 e. The van der Waals surface area contributed by atoms with Crippen molar-refractivity contribution in [2.24, 2.45) is 0 Å². The Morgan fingerprint density at radius 1 is 1.11 bits per heavy atom. The van der Waals surface area contributed by atoms with Crippen molar-refractivity contribution in [1.29, 1.82) is 0 Å². The van der Waals surface area contributed by atoms with Crippen molar-refractivity contribution < 1.29 is 4.79 Å². The molecule has 1 aromatic carbocycles. The number of hydrogen-bond donors (Lipinski definition) is 1. The zero-order valence-electron chi connectivity index (χ0n) is 16.5. The lowest BCUT2D eigenvalue weighted by atomic mass is 9.78. The highest BCUT2D eigenvalue weighted by atomic mass is 35.5. The number of rotatable bonds is 4. The summed E-state index contributed by atoms with van der Waals surface area (Å²) in [5, 5.41) is 4.33. The fraction of sp³-hybridized carbons (Fsp3) is 0.455. The summed E-state index contributed by atoms with van der Waals surface area (Å²) in [5.74, 6) is 0.0239. The van der Waals surface area contributed by atoms with Crippen LogP contribution in [0.25, 0.3) is 0 Å². The van der Waals surface area contributed by atoms with Crippen molar-refractivity contribution in [2.45, 2.75) is 64.2 Å². The van der Waals surface area contributed by atoms with Gasteiger partial charge in [0.15, 0.2) is 0 Å². The molecule has 4 nitrogen and oxygen atoms in total. The number of carbonyl (C=O) groups is 1. The van der Waals surface area contributed by atoms with E-state index in [0.29, 0.717) is 17.1 Å². The van der Waals surface area contributed by atoms with E-state index >= 15 is 0 Å². The number of nitrogens with zero attached hydrogens (tertiary/aromatic N) is 2. The van der Waals surface area contributed by atoms with Gasteiger partial charge in [0.05, 0.1) is 12.2 Å². The SMILES string of the molecule is CC1(C)CC(N(Cc2ccccn2)C(=O)c2ccc(Cl)cc2)CC(C)(C)N1. The highest BCUT2D eigenvalue weighted by Crippen LogP contribution is 2.33. The lowest BCUT2D eigenvalue weighted by molar-refractivity contribution is 0.0415. The molecular formula is C22H28ClN3O. The van der Waals surface area contributed by atoms with Crippen molar-refractivity contribution in [3.63, 3.8) is 0 Å². The predicted octanol–water partition coefficient (Wildman–Crippen LogP) is 4.69. The molecule has 0 spiro atoms. The van der Waals surface area contributed by atoms with Crippen molar-refractivity contribution in [2.75, 3.05) is 0 Å². The summed E-state index contributed by atoms with van der Waals surface area (Å²) in [6.45, 7) is 9.30. The zero-order chi connectivity index (χ0) is 19.7. The predicted molar refractivity (Wildman–Crippen MR) is 110 cm³/mol. The van der Waals surface area contributed by atoms with Crippen molar-refractivity contribution in [3.8, 4) is 0 Å². The normalized spacial score (nSPS) is 18.9. The minimum atomic E-state index is -0.0466. The molecule has 0 radical (unpaired) electrons. The van der Waals surface area contributed by atoms with Gasteiger partial charge in [-0.05, 0) is 76.9 Å². The van der Waals surface area contributed by atoms with Crippen molar-refractivity contribution >= 4 is 17.5 Å². The Kier molecular flexibility index (Phi) is 5.59. The zero-order valence-corrected chi connectivity index (χ0v) is 17.3. The number of halogens is 1. The summed E-state index contributed by atoms with van der Waals surface area (Å²) in [6, 6.07) is 13.1. The molecule has 2 aromatic rings. The summed E-state index contributed by atoms with van der Waals surface area (Å²) < 4.78 is 0. The van der Waals surface area contributed by atoms with Gasteiger partial charge in [-0.15, -0.1) is 0 Å². The Balaban J connectivity index is 1.94. The molecule has 1 aliphatic rings. The summed E-state index contributed by atoms with van der Waals surface area (Å²) >= 11 is 6.01. The van der Waals surface area contributed by atoms with E-state index in [-0.39, 0.29) is 23.0 Å². The molecule has 0 bridgehead atoms. The van der Waals surface area contributed by atoms with E-state index in [0.717, 1.165) is 18.5 Å². The van der Waals surface area contributed by atoms with E-state index < -0.39 is 0 Å².